The Bertz CT molecular complexity index is 619. The van der Waals surface area contributed by atoms with Gasteiger partial charge in [0.25, 0.3) is 0 Å². The molecule has 0 fully saturated rings. The standard InChI is InChI=1S/C21H33NO4/c1-15(2)9-8-12-21(18(23)24,17-11-7-10-16(3)13-17)14-22-19(25)26-20(4,5)6/h7,10-11,13,15H,8-9,12,14H2,1-6H3,(H,22,25)(H,23,24). The summed E-state index contributed by atoms with van der Waals surface area (Å²) in [5.41, 5.74) is -0.0894. The molecule has 1 rings (SSSR count). The number of nitrogens with one attached hydrogen (secondary N) is 1. The maximum absolute atomic E-state index is 12.3. The maximum Gasteiger partial charge on any atom is 0.407 e. The largest absolute Gasteiger partial charge is 0.481 e. The van der Waals surface area contributed by atoms with Crippen LogP contribution in [-0.2, 0) is 14.9 Å². The summed E-state index contributed by atoms with van der Waals surface area (Å²) >= 11 is 0. The summed E-state index contributed by atoms with van der Waals surface area (Å²) in [5.74, 6) is -0.430. The number of carboxylic acids is 1. The fourth-order valence-corrected chi connectivity index (χ4v) is 2.93. The SMILES string of the molecule is Cc1cccc(C(CCCC(C)C)(CNC(=O)OC(C)(C)C)C(=O)O)c1. The van der Waals surface area contributed by atoms with E-state index in [1.165, 1.54) is 0 Å². The van der Waals surface area contributed by atoms with Gasteiger partial charge in [0.2, 0.25) is 0 Å². The lowest BCUT2D eigenvalue weighted by Crippen LogP contribution is -2.47. The van der Waals surface area contributed by atoms with Crippen molar-refractivity contribution in [3.8, 4) is 0 Å². The van der Waals surface area contributed by atoms with E-state index in [0.717, 1.165) is 18.4 Å². The van der Waals surface area contributed by atoms with E-state index in [-0.39, 0.29) is 6.54 Å². The number of carbonyl (C=O) groups excluding carboxylic acids is 1. The van der Waals surface area contributed by atoms with Crippen molar-refractivity contribution in [2.75, 3.05) is 6.54 Å². The highest BCUT2D eigenvalue weighted by atomic mass is 16.6. The van der Waals surface area contributed by atoms with Crippen molar-refractivity contribution in [1.82, 2.24) is 5.32 Å². The van der Waals surface area contributed by atoms with Gasteiger partial charge < -0.3 is 15.2 Å². The fourth-order valence-electron chi connectivity index (χ4n) is 2.93. The third kappa shape index (κ3) is 6.70. The molecule has 146 valence electrons. The van der Waals surface area contributed by atoms with Gasteiger partial charge >= 0.3 is 12.1 Å². The van der Waals surface area contributed by atoms with Gasteiger partial charge in [-0.05, 0) is 45.6 Å². The number of amides is 1. The zero-order valence-electron chi connectivity index (χ0n) is 16.9. The number of benzene rings is 1. The molecule has 1 amide bonds. The predicted octanol–water partition coefficient (Wildman–Crippen LogP) is 4.67. The Morgan fingerprint density at radius 2 is 1.88 bits per heavy atom. The van der Waals surface area contributed by atoms with Crippen LogP contribution in [0.15, 0.2) is 24.3 Å². The van der Waals surface area contributed by atoms with Crippen molar-refractivity contribution in [3.05, 3.63) is 35.4 Å². The smallest absolute Gasteiger partial charge is 0.407 e. The van der Waals surface area contributed by atoms with Crippen LogP contribution < -0.4 is 5.32 Å². The molecule has 2 N–H and O–H groups in total. The normalized spacial score (nSPS) is 14.0. The van der Waals surface area contributed by atoms with Gasteiger partial charge in [-0.2, -0.15) is 0 Å². The number of aliphatic carboxylic acids is 1. The molecular formula is C21H33NO4. The summed E-state index contributed by atoms with van der Waals surface area (Å²) in [5, 5.41) is 12.8. The zero-order chi connectivity index (χ0) is 20.0. The number of carbonyl (C=O) groups is 2. The Hall–Kier alpha value is -2.04. The molecule has 0 radical (unpaired) electrons. The average molecular weight is 363 g/mol. The summed E-state index contributed by atoms with van der Waals surface area (Å²) in [4.78, 5) is 24.4. The van der Waals surface area contributed by atoms with E-state index in [9.17, 15) is 14.7 Å². The van der Waals surface area contributed by atoms with E-state index in [0.29, 0.717) is 17.9 Å². The topological polar surface area (TPSA) is 75.6 Å². The van der Waals surface area contributed by atoms with Crippen molar-refractivity contribution >= 4 is 12.1 Å². The van der Waals surface area contributed by atoms with Crippen LogP contribution in [0.3, 0.4) is 0 Å². The van der Waals surface area contributed by atoms with Gasteiger partial charge in [0, 0.05) is 6.54 Å². The first-order valence-electron chi connectivity index (χ1n) is 9.24. The average Bonchev–Trinajstić information content (AvgIpc) is 2.48. The first kappa shape index (κ1) is 22.0. The van der Waals surface area contributed by atoms with Gasteiger partial charge in [0.05, 0.1) is 0 Å². The number of ether oxygens (including phenoxy) is 1. The molecule has 0 saturated heterocycles. The fraction of sp³-hybridized carbons (Fsp3) is 0.619. The van der Waals surface area contributed by atoms with Gasteiger partial charge in [-0.15, -0.1) is 0 Å². The van der Waals surface area contributed by atoms with E-state index >= 15 is 0 Å². The summed E-state index contributed by atoms with van der Waals surface area (Å²) in [6.07, 6.45) is 1.57. The molecule has 0 aliphatic rings. The first-order valence-corrected chi connectivity index (χ1v) is 9.24. The van der Waals surface area contributed by atoms with Crippen LogP contribution in [0.4, 0.5) is 4.79 Å². The summed E-state index contributed by atoms with van der Waals surface area (Å²) in [7, 11) is 0. The first-order chi connectivity index (χ1) is 12.0. The monoisotopic (exact) mass is 363 g/mol. The van der Waals surface area contributed by atoms with Crippen LogP contribution in [-0.4, -0.2) is 29.3 Å². The minimum atomic E-state index is -1.17. The second-order valence-electron chi connectivity index (χ2n) is 8.40. The minimum Gasteiger partial charge on any atom is -0.481 e. The predicted molar refractivity (Wildman–Crippen MR) is 103 cm³/mol. The van der Waals surface area contributed by atoms with E-state index in [2.05, 4.69) is 19.2 Å². The van der Waals surface area contributed by atoms with Crippen LogP contribution in [0.2, 0.25) is 0 Å². The second-order valence-corrected chi connectivity index (χ2v) is 8.40. The van der Waals surface area contributed by atoms with Gasteiger partial charge in [0.15, 0.2) is 0 Å². The van der Waals surface area contributed by atoms with Crippen LogP contribution in [0.25, 0.3) is 0 Å². The minimum absolute atomic E-state index is 0.00120. The van der Waals surface area contributed by atoms with Crippen LogP contribution in [0, 0.1) is 12.8 Å². The van der Waals surface area contributed by atoms with Crippen molar-refractivity contribution in [1.29, 1.82) is 0 Å². The van der Waals surface area contributed by atoms with Gasteiger partial charge in [-0.25, -0.2) is 4.79 Å². The van der Waals surface area contributed by atoms with Crippen LogP contribution >= 0.6 is 0 Å². The molecule has 0 aliphatic carbocycles. The molecule has 1 aromatic rings. The molecule has 0 spiro atoms. The Balaban J connectivity index is 3.09. The lowest BCUT2D eigenvalue weighted by atomic mass is 9.75. The molecule has 1 unspecified atom stereocenters. The molecule has 0 bridgehead atoms. The lowest BCUT2D eigenvalue weighted by Gasteiger charge is -2.31. The molecule has 5 heteroatoms. The number of hydrogen-bond acceptors (Lipinski definition) is 3. The molecule has 0 heterocycles. The summed E-state index contributed by atoms with van der Waals surface area (Å²) in [6.45, 7) is 11.5. The van der Waals surface area contributed by atoms with Crippen molar-refractivity contribution in [2.45, 2.75) is 71.8 Å². The molecule has 0 saturated carbocycles. The molecule has 1 atom stereocenters. The van der Waals surface area contributed by atoms with Gasteiger partial charge in [-0.1, -0.05) is 56.5 Å². The lowest BCUT2D eigenvalue weighted by molar-refractivity contribution is -0.144. The molecule has 0 aliphatic heterocycles. The van der Waals surface area contributed by atoms with E-state index < -0.39 is 23.1 Å². The highest BCUT2D eigenvalue weighted by molar-refractivity contribution is 5.83. The zero-order valence-corrected chi connectivity index (χ0v) is 16.9. The Morgan fingerprint density at radius 1 is 1.23 bits per heavy atom. The van der Waals surface area contributed by atoms with E-state index in [1.807, 2.05) is 31.2 Å². The highest BCUT2D eigenvalue weighted by Crippen LogP contribution is 2.32. The maximum atomic E-state index is 12.3. The third-order valence-electron chi connectivity index (χ3n) is 4.30. The summed E-state index contributed by atoms with van der Waals surface area (Å²) < 4.78 is 5.27. The van der Waals surface area contributed by atoms with Crippen molar-refractivity contribution in [2.24, 2.45) is 5.92 Å². The second kappa shape index (κ2) is 9.06. The number of alkyl carbamates (subject to hydrolysis) is 1. The Morgan fingerprint density at radius 3 is 2.38 bits per heavy atom. The van der Waals surface area contributed by atoms with Gasteiger partial charge in [0.1, 0.15) is 11.0 Å². The van der Waals surface area contributed by atoms with Gasteiger partial charge in [-0.3, -0.25) is 4.79 Å². The quantitative estimate of drug-likeness (QED) is 0.704. The molecule has 0 aromatic heterocycles. The highest BCUT2D eigenvalue weighted by Gasteiger charge is 2.40. The molecule has 26 heavy (non-hydrogen) atoms. The van der Waals surface area contributed by atoms with Crippen molar-refractivity contribution < 1.29 is 19.4 Å². The van der Waals surface area contributed by atoms with Crippen molar-refractivity contribution in [3.63, 3.8) is 0 Å². The van der Waals surface area contributed by atoms with Crippen LogP contribution in [0.1, 0.15) is 65.0 Å². The number of hydrogen-bond donors (Lipinski definition) is 2. The number of rotatable bonds is 8. The number of aryl methyl sites for hydroxylation is 1. The molecular weight excluding hydrogens is 330 g/mol. The molecule has 1 aromatic carbocycles. The molecule has 5 nitrogen and oxygen atoms in total. The summed E-state index contributed by atoms with van der Waals surface area (Å²) in [6, 6.07) is 7.51. The third-order valence-corrected chi connectivity index (χ3v) is 4.30. The Kier molecular flexibility index (Phi) is 7.67. The number of carboxylic acid groups (broad SMARTS) is 1. The van der Waals surface area contributed by atoms with E-state index in [1.54, 1.807) is 20.8 Å². The van der Waals surface area contributed by atoms with Crippen LogP contribution in [0.5, 0.6) is 0 Å². The van der Waals surface area contributed by atoms with E-state index in [4.69, 9.17) is 4.74 Å². The Labute approximate surface area is 157 Å².